The summed E-state index contributed by atoms with van der Waals surface area (Å²) >= 11 is 5.70. The third kappa shape index (κ3) is 2.43. The molecule has 2 heteroatoms. The van der Waals surface area contributed by atoms with E-state index in [2.05, 4.69) is 0 Å². The van der Waals surface area contributed by atoms with E-state index in [0.717, 1.165) is 12.3 Å². The highest BCUT2D eigenvalue weighted by atomic mass is 35.5. The molecule has 0 aromatic rings. The average Bonchev–Trinajstić information content (AvgIpc) is 2.60. The minimum Gasteiger partial charge on any atom is -0.372 e. The molecule has 1 saturated heterocycles. The lowest BCUT2D eigenvalue weighted by Gasteiger charge is -2.33. The van der Waals surface area contributed by atoms with Crippen LogP contribution in [-0.4, -0.2) is 17.6 Å². The maximum absolute atomic E-state index is 6.23. The van der Waals surface area contributed by atoms with E-state index in [0.29, 0.717) is 11.7 Å². The second kappa shape index (κ2) is 4.85. The van der Waals surface area contributed by atoms with E-state index in [1.54, 1.807) is 0 Å². The third-order valence-corrected chi connectivity index (χ3v) is 4.03. The van der Waals surface area contributed by atoms with Crippen LogP contribution in [0.1, 0.15) is 57.8 Å². The molecule has 2 aliphatic rings. The van der Waals surface area contributed by atoms with Gasteiger partial charge in [0.1, 0.15) is 0 Å². The molecule has 0 radical (unpaired) electrons. The Morgan fingerprint density at radius 2 is 1.93 bits per heavy atom. The van der Waals surface area contributed by atoms with Gasteiger partial charge in [-0.15, -0.1) is 11.6 Å². The van der Waals surface area contributed by atoms with Crippen molar-refractivity contribution in [1.82, 2.24) is 0 Å². The molecule has 0 aromatic heterocycles. The summed E-state index contributed by atoms with van der Waals surface area (Å²) in [7, 11) is 0. The highest BCUT2D eigenvalue weighted by molar-refractivity contribution is 6.17. The summed E-state index contributed by atoms with van der Waals surface area (Å²) in [5.41, 5.74) is 0.301. The topological polar surface area (TPSA) is 9.23 Å². The van der Waals surface area contributed by atoms with Crippen molar-refractivity contribution in [3.8, 4) is 0 Å². The van der Waals surface area contributed by atoms with Gasteiger partial charge in [0.25, 0.3) is 0 Å². The van der Waals surface area contributed by atoms with Crippen molar-refractivity contribution in [2.75, 3.05) is 5.88 Å². The van der Waals surface area contributed by atoms with Crippen molar-refractivity contribution in [1.29, 1.82) is 0 Å². The fourth-order valence-electron chi connectivity index (χ4n) is 2.97. The van der Waals surface area contributed by atoms with Crippen molar-refractivity contribution in [3.63, 3.8) is 0 Å². The van der Waals surface area contributed by atoms with Gasteiger partial charge >= 0.3 is 0 Å². The lowest BCUT2D eigenvalue weighted by molar-refractivity contribution is -0.0655. The Kier molecular flexibility index (Phi) is 3.73. The van der Waals surface area contributed by atoms with Gasteiger partial charge in [-0.2, -0.15) is 0 Å². The molecule has 0 aromatic carbocycles. The zero-order valence-electron chi connectivity index (χ0n) is 8.93. The molecule has 1 aliphatic carbocycles. The lowest BCUT2D eigenvalue weighted by Crippen LogP contribution is -2.31. The van der Waals surface area contributed by atoms with Crippen LogP contribution in [0.4, 0.5) is 0 Å². The summed E-state index contributed by atoms with van der Waals surface area (Å²) in [5.74, 6) is 0.785. The minimum absolute atomic E-state index is 0.301. The smallest absolute Gasteiger partial charge is 0.0687 e. The molecule has 1 heterocycles. The summed E-state index contributed by atoms with van der Waals surface area (Å²) in [6.07, 6.45) is 12.2. The Hall–Kier alpha value is 0.250. The molecule has 1 aliphatic heterocycles. The molecule has 1 atom stereocenters. The number of hydrogen-bond donors (Lipinski definition) is 0. The molecule has 2 rings (SSSR count). The molecular weight excluding hydrogens is 196 g/mol. The van der Waals surface area contributed by atoms with Gasteiger partial charge < -0.3 is 4.74 Å². The van der Waals surface area contributed by atoms with Crippen LogP contribution < -0.4 is 0 Å². The lowest BCUT2D eigenvalue weighted by atomic mass is 9.83. The largest absolute Gasteiger partial charge is 0.372 e. The van der Waals surface area contributed by atoms with Gasteiger partial charge in [0.05, 0.1) is 11.7 Å². The Balaban J connectivity index is 1.80. The van der Waals surface area contributed by atoms with Crippen molar-refractivity contribution >= 4 is 11.6 Å². The number of rotatable bonds is 3. The van der Waals surface area contributed by atoms with Crippen LogP contribution in [0.5, 0.6) is 0 Å². The van der Waals surface area contributed by atoms with Gasteiger partial charge in [-0.25, -0.2) is 0 Å². The van der Waals surface area contributed by atoms with Crippen LogP contribution in [0, 0.1) is 0 Å². The van der Waals surface area contributed by atoms with E-state index in [9.17, 15) is 0 Å². The maximum Gasteiger partial charge on any atom is 0.0687 e. The summed E-state index contributed by atoms with van der Waals surface area (Å²) in [6, 6.07) is 0. The monoisotopic (exact) mass is 216 g/mol. The summed E-state index contributed by atoms with van der Waals surface area (Å²) in [6.45, 7) is 0. The predicted molar refractivity (Wildman–Crippen MR) is 59.9 cm³/mol. The Labute approximate surface area is 92.2 Å². The van der Waals surface area contributed by atoms with Gasteiger partial charge in [-0.05, 0) is 38.5 Å². The zero-order valence-corrected chi connectivity index (χ0v) is 9.69. The van der Waals surface area contributed by atoms with E-state index >= 15 is 0 Å². The molecule has 1 unspecified atom stereocenters. The summed E-state index contributed by atoms with van der Waals surface area (Å²) < 4.78 is 6.23. The normalized spacial score (nSPS) is 31.1. The van der Waals surface area contributed by atoms with Gasteiger partial charge in [-0.1, -0.05) is 19.3 Å². The third-order valence-electron chi connectivity index (χ3n) is 3.76. The number of halogens is 1. The molecule has 1 nitrogen and oxygen atoms in total. The van der Waals surface area contributed by atoms with Gasteiger partial charge in [0.2, 0.25) is 0 Å². The Morgan fingerprint density at radius 3 is 2.64 bits per heavy atom. The van der Waals surface area contributed by atoms with E-state index in [1.165, 1.54) is 51.4 Å². The molecular formula is C12H21ClO. The number of alkyl halides is 1. The molecule has 82 valence electrons. The standard InChI is InChI=1S/C12H21ClO/c13-10-4-5-11-6-9-12(14-11)7-2-1-3-8-12/h11H,1-10H2. The fraction of sp³-hybridized carbons (Fsp3) is 1.00. The Morgan fingerprint density at radius 1 is 1.14 bits per heavy atom. The second-order valence-electron chi connectivity index (χ2n) is 4.85. The van der Waals surface area contributed by atoms with E-state index in [-0.39, 0.29) is 0 Å². The van der Waals surface area contributed by atoms with Gasteiger partial charge in [-0.3, -0.25) is 0 Å². The van der Waals surface area contributed by atoms with E-state index < -0.39 is 0 Å². The van der Waals surface area contributed by atoms with Crippen LogP contribution in [0.3, 0.4) is 0 Å². The SMILES string of the molecule is ClCCCC1CCC2(CCCCC2)O1. The molecule has 14 heavy (non-hydrogen) atoms. The van der Waals surface area contributed by atoms with Crippen LogP contribution in [0.2, 0.25) is 0 Å². The molecule has 2 fully saturated rings. The van der Waals surface area contributed by atoms with Crippen molar-refractivity contribution in [2.24, 2.45) is 0 Å². The quantitative estimate of drug-likeness (QED) is 0.651. The molecule has 0 bridgehead atoms. The Bertz CT molecular complexity index is 175. The van der Waals surface area contributed by atoms with Gasteiger partial charge in [0, 0.05) is 5.88 Å². The first kappa shape index (κ1) is 10.8. The maximum atomic E-state index is 6.23. The predicted octanol–water partition coefficient (Wildman–Crippen LogP) is 3.89. The van der Waals surface area contributed by atoms with Crippen LogP contribution in [-0.2, 0) is 4.74 Å². The van der Waals surface area contributed by atoms with Crippen molar-refractivity contribution in [3.05, 3.63) is 0 Å². The number of ether oxygens (including phenoxy) is 1. The average molecular weight is 217 g/mol. The fourth-order valence-corrected chi connectivity index (χ4v) is 3.12. The summed E-state index contributed by atoms with van der Waals surface area (Å²) in [5, 5.41) is 0. The summed E-state index contributed by atoms with van der Waals surface area (Å²) in [4.78, 5) is 0. The van der Waals surface area contributed by atoms with Crippen LogP contribution in [0.25, 0.3) is 0 Å². The first-order valence-electron chi connectivity index (χ1n) is 6.08. The second-order valence-corrected chi connectivity index (χ2v) is 5.23. The van der Waals surface area contributed by atoms with E-state index in [4.69, 9.17) is 16.3 Å². The van der Waals surface area contributed by atoms with Gasteiger partial charge in [0.15, 0.2) is 0 Å². The molecule has 1 saturated carbocycles. The van der Waals surface area contributed by atoms with E-state index in [1.807, 2.05) is 0 Å². The zero-order chi connectivity index (χ0) is 9.86. The highest BCUT2D eigenvalue weighted by Gasteiger charge is 2.40. The first-order chi connectivity index (χ1) is 6.85. The number of hydrogen-bond acceptors (Lipinski definition) is 1. The first-order valence-corrected chi connectivity index (χ1v) is 6.62. The molecule has 0 N–H and O–H groups in total. The highest BCUT2D eigenvalue weighted by Crippen LogP contribution is 2.42. The van der Waals surface area contributed by atoms with Crippen LogP contribution in [0.15, 0.2) is 0 Å². The van der Waals surface area contributed by atoms with Crippen LogP contribution >= 0.6 is 11.6 Å². The minimum atomic E-state index is 0.301. The van der Waals surface area contributed by atoms with Crippen molar-refractivity contribution in [2.45, 2.75) is 69.5 Å². The molecule has 0 amide bonds. The van der Waals surface area contributed by atoms with Crippen molar-refractivity contribution < 1.29 is 4.74 Å². The molecule has 1 spiro atoms.